The molecule has 1 rings (SSSR count). The van der Waals surface area contributed by atoms with Crippen LogP contribution in [0, 0.1) is 6.92 Å². The Bertz CT molecular complexity index is 504. The summed E-state index contributed by atoms with van der Waals surface area (Å²) in [7, 11) is 0. The molecular weight excluding hydrogens is 236 g/mol. The zero-order valence-electron chi connectivity index (χ0n) is 11.1. The standard InChI is InChI=1S/C12H20N2O4/c1-5-10(8(3)15)18-9(4)14-6-7(2)11(16)13-12(14)17/h6,8-10,15H,5H2,1-4H3,(H,13,16,17)/t8?,9-,10-/m1/s1. The van der Waals surface area contributed by atoms with Crippen molar-refractivity contribution in [2.45, 2.75) is 52.6 Å². The number of rotatable bonds is 5. The van der Waals surface area contributed by atoms with E-state index in [9.17, 15) is 14.7 Å². The van der Waals surface area contributed by atoms with E-state index >= 15 is 0 Å². The number of nitrogens with one attached hydrogen (secondary N) is 1. The molecule has 0 aliphatic carbocycles. The van der Waals surface area contributed by atoms with Crippen molar-refractivity contribution < 1.29 is 9.84 Å². The van der Waals surface area contributed by atoms with Crippen molar-refractivity contribution in [1.82, 2.24) is 9.55 Å². The first-order valence-corrected chi connectivity index (χ1v) is 6.02. The monoisotopic (exact) mass is 256 g/mol. The SMILES string of the molecule is CC[C@@H](O[C@H](C)n1cc(C)c(=O)[nH]c1=O)C(C)O. The molecule has 102 valence electrons. The number of aliphatic hydroxyl groups is 1. The van der Waals surface area contributed by atoms with E-state index in [2.05, 4.69) is 4.98 Å². The van der Waals surface area contributed by atoms with Gasteiger partial charge in [0.2, 0.25) is 0 Å². The molecule has 1 aromatic heterocycles. The average Bonchev–Trinajstić information content (AvgIpc) is 2.29. The molecule has 1 aromatic rings. The molecule has 1 unspecified atom stereocenters. The zero-order valence-corrected chi connectivity index (χ0v) is 11.1. The maximum absolute atomic E-state index is 11.6. The molecule has 1 heterocycles. The Balaban J connectivity index is 2.97. The molecule has 6 heteroatoms. The summed E-state index contributed by atoms with van der Waals surface area (Å²) < 4.78 is 6.92. The fourth-order valence-corrected chi connectivity index (χ4v) is 1.73. The summed E-state index contributed by atoms with van der Waals surface area (Å²) in [5, 5.41) is 9.51. The van der Waals surface area contributed by atoms with Crippen molar-refractivity contribution in [3.8, 4) is 0 Å². The molecule has 2 N–H and O–H groups in total. The lowest BCUT2D eigenvalue weighted by atomic mass is 10.2. The molecule has 0 aliphatic rings. The second kappa shape index (κ2) is 5.97. The summed E-state index contributed by atoms with van der Waals surface area (Å²) >= 11 is 0. The van der Waals surface area contributed by atoms with Crippen LogP contribution in [0.15, 0.2) is 15.8 Å². The second-order valence-electron chi connectivity index (χ2n) is 4.40. The molecule has 0 aromatic carbocycles. The third-order valence-corrected chi connectivity index (χ3v) is 2.85. The molecule has 0 bridgehead atoms. The first-order valence-electron chi connectivity index (χ1n) is 6.02. The van der Waals surface area contributed by atoms with Crippen LogP contribution in [-0.2, 0) is 4.74 Å². The predicted molar refractivity (Wildman–Crippen MR) is 67.6 cm³/mol. The maximum Gasteiger partial charge on any atom is 0.330 e. The van der Waals surface area contributed by atoms with Gasteiger partial charge in [-0.15, -0.1) is 0 Å². The summed E-state index contributed by atoms with van der Waals surface area (Å²) in [6.45, 7) is 6.85. The van der Waals surface area contributed by atoms with Crippen LogP contribution in [0.2, 0.25) is 0 Å². The summed E-state index contributed by atoms with van der Waals surface area (Å²) in [5.41, 5.74) is -0.472. The third-order valence-electron chi connectivity index (χ3n) is 2.85. The number of hydrogen-bond acceptors (Lipinski definition) is 4. The zero-order chi connectivity index (χ0) is 13.9. The van der Waals surface area contributed by atoms with Gasteiger partial charge < -0.3 is 9.84 Å². The highest BCUT2D eigenvalue weighted by Gasteiger charge is 2.18. The van der Waals surface area contributed by atoms with Gasteiger partial charge >= 0.3 is 5.69 Å². The molecule has 3 atom stereocenters. The van der Waals surface area contributed by atoms with Crippen molar-refractivity contribution in [2.75, 3.05) is 0 Å². The minimum atomic E-state index is -0.614. The highest BCUT2D eigenvalue weighted by atomic mass is 16.5. The van der Waals surface area contributed by atoms with Crippen LogP contribution in [0.1, 0.15) is 39.0 Å². The first kappa shape index (κ1) is 14.7. The number of aryl methyl sites for hydroxylation is 1. The van der Waals surface area contributed by atoms with Crippen molar-refractivity contribution in [3.63, 3.8) is 0 Å². The number of aromatic nitrogens is 2. The number of ether oxygens (including phenoxy) is 1. The third kappa shape index (κ3) is 3.30. The molecule has 6 nitrogen and oxygen atoms in total. The van der Waals surface area contributed by atoms with E-state index in [4.69, 9.17) is 4.74 Å². The van der Waals surface area contributed by atoms with E-state index in [0.717, 1.165) is 0 Å². The van der Waals surface area contributed by atoms with Crippen LogP contribution in [-0.4, -0.2) is 26.9 Å². The first-order chi connectivity index (χ1) is 8.36. The normalized spacial score (nSPS) is 16.3. The van der Waals surface area contributed by atoms with Gasteiger partial charge in [-0.1, -0.05) is 6.92 Å². The lowest BCUT2D eigenvalue weighted by Gasteiger charge is -2.24. The fraction of sp³-hybridized carbons (Fsp3) is 0.667. The van der Waals surface area contributed by atoms with Crippen molar-refractivity contribution in [2.24, 2.45) is 0 Å². The molecule has 0 aliphatic heterocycles. The molecule has 0 spiro atoms. The lowest BCUT2D eigenvalue weighted by Crippen LogP contribution is -2.36. The predicted octanol–water partition coefficient (Wildman–Crippen LogP) is 0.540. The fourth-order valence-electron chi connectivity index (χ4n) is 1.73. The van der Waals surface area contributed by atoms with Crippen molar-refractivity contribution >= 4 is 0 Å². The van der Waals surface area contributed by atoms with Crippen LogP contribution in [0.4, 0.5) is 0 Å². The molecule has 0 saturated carbocycles. The van der Waals surface area contributed by atoms with Gasteiger partial charge in [-0.05, 0) is 27.2 Å². The second-order valence-corrected chi connectivity index (χ2v) is 4.40. The molecule has 0 amide bonds. The van der Waals surface area contributed by atoms with Crippen LogP contribution in [0.3, 0.4) is 0 Å². The van der Waals surface area contributed by atoms with Gasteiger partial charge in [-0.2, -0.15) is 0 Å². The van der Waals surface area contributed by atoms with Crippen LogP contribution < -0.4 is 11.2 Å². The highest BCUT2D eigenvalue weighted by molar-refractivity contribution is 5.01. The highest BCUT2D eigenvalue weighted by Crippen LogP contribution is 2.13. The molecule has 18 heavy (non-hydrogen) atoms. The van der Waals surface area contributed by atoms with Gasteiger partial charge in [0.15, 0.2) is 0 Å². The molecule has 0 saturated heterocycles. The van der Waals surface area contributed by atoms with Crippen LogP contribution >= 0.6 is 0 Å². The van der Waals surface area contributed by atoms with Gasteiger partial charge in [0.1, 0.15) is 6.23 Å². The lowest BCUT2D eigenvalue weighted by molar-refractivity contribution is -0.0954. The van der Waals surface area contributed by atoms with Crippen molar-refractivity contribution in [1.29, 1.82) is 0 Å². The summed E-state index contributed by atoms with van der Waals surface area (Å²) in [4.78, 5) is 25.1. The van der Waals surface area contributed by atoms with Crippen molar-refractivity contribution in [3.05, 3.63) is 32.6 Å². The minimum absolute atomic E-state index is 0.348. The topological polar surface area (TPSA) is 84.3 Å². The van der Waals surface area contributed by atoms with E-state index in [1.54, 1.807) is 20.8 Å². The Morgan fingerprint density at radius 3 is 2.56 bits per heavy atom. The van der Waals surface area contributed by atoms with E-state index in [-0.39, 0.29) is 6.10 Å². The number of nitrogens with zero attached hydrogens (tertiary/aromatic N) is 1. The molecular formula is C12H20N2O4. The number of aromatic amines is 1. The van der Waals surface area contributed by atoms with Gasteiger partial charge in [0, 0.05) is 11.8 Å². The van der Waals surface area contributed by atoms with E-state index < -0.39 is 23.6 Å². The molecule has 0 radical (unpaired) electrons. The Hall–Kier alpha value is -1.40. The van der Waals surface area contributed by atoms with Crippen LogP contribution in [0.5, 0.6) is 0 Å². The average molecular weight is 256 g/mol. The van der Waals surface area contributed by atoms with E-state index in [1.807, 2.05) is 6.92 Å². The van der Waals surface area contributed by atoms with Gasteiger partial charge in [0.25, 0.3) is 5.56 Å². The smallest absolute Gasteiger partial charge is 0.330 e. The molecule has 0 fully saturated rings. The number of hydrogen-bond donors (Lipinski definition) is 2. The number of H-pyrrole nitrogens is 1. The Morgan fingerprint density at radius 2 is 2.06 bits per heavy atom. The largest absolute Gasteiger partial charge is 0.391 e. The van der Waals surface area contributed by atoms with Gasteiger partial charge in [0.05, 0.1) is 12.2 Å². The van der Waals surface area contributed by atoms with Crippen LogP contribution in [0.25, 0.3) is 0 Å². The summed E-state index contributed by atoms with van der Waals surface area (Å²) in [5.74, 6) is 0. The number of aliphatic hydroxyl groups excluding tert-OH is 1. The Kier molecular flexibility index (Phi) is 4.86. The maximum atomic E-state index is 11.6. The van der Waals surface area contributed by atoms with E-state index in [1.165, 1.54) is 10.8 Å². The quantitative estimate of drug-likeness (QED) is 0.805. The van der Waals surface area contributed by atoms with Gasteiger partial charge in [-0.3, -0.25) is 14.3 Å². The summed E-state index contributed by atoms with van der Waals surface area (Å²) in [6, 6.07) is 0. The minimum Gasteiger partial charge on any atom is -0.391 e. The summed E-state index contributed by atoms with van der Waals surface area (Å²) in [6.07, 6.45) is 0.586. The Morgan fingerprint density at radius 1 is 1.44 bits per heavy atom. The van der Waals surface area contributed by atoms with Gasteiger partial charge in [-0.25, -0.2) is 4.79 Å². The Labute approximate surface area is 105 Å². The van der Waals surface area contributed by atoms with E-state index in [0.29, 0.717) is 12.0 Å².